The molecule has 0 aliphatic heterocycles. The van der Waals surface area contributed by atoms with Crippen molar-refractivity contribution >= 4 is 11.6 Å². The monoisotopic (exact) mass is 323 g/mol. The first-order valence-electron chi connectivity index (χ1n) is 8.39. The average molecular weight is 324 g/mol. The van der Waals surface area contributed by atoms with Gasteiger partial charge >= 0.3 is 0 Å². The van der Waals surface area contributed by atoms with Crippen LogP contribution in [0.1, 0.15) is 43.7 Å². The minimum atomic E-state index is 0.0852. The highest BCUT2D eigenvalue weighted by atomic mass is 35.5. The molecule has 122 valence electrons. The van der Waals surface area contributed by atoms with E-state index in [1.165, 1.54) is 25.7 Å². The maximum Gasteiger partial charge on any atom is 0.141 e. The summed E-state index contributed by atoms with van der Waals surface area (Å²) in [6.45, 7) is 4.25. The van der Waals surface area contributed by atoms with Gasteiger partial charge in [-0.2, -0.15) is 0 Å². The fraction of sp³-hybridized carbons (Fsp3) is 0.667. The molecule has 0 radical (unpaired) electrons. The fourth-order valence-electron chi connectivity index (χ4n) is 2.57. The minimum absolute atomic E-state index is 0.0852. The minimum Gasteiger partial charge on any atom is -0.491 e. The fourth-order valence-corrected chi connectivity index (χ4v) is 2.89. The number of nitrogens with two attached hydrogens (primary N) is 1. The van der Waals surface area contributed by atoms with E-state index >= 15 is 0 Å². The highest BCUT2D eigenvalue weighted by molar-refractivity contribution is 6.32. The Kier molecular flexibility index (Phi) is 5.27. The summed E-state index contributed by atoms with van der Waals surface area (Å²) in [5, 5.41) is 0.684. The van der Waals surface area contributed by atoms with Crippen LogP contribution in [-0.4, -0.2) is 19.3 Å². The summed E-state index contributed by atoms with van der Waals surface area (Å²) in [5.41, 5.74) is 8.20. The molecule has 2 fully saturated rings. The van der Waals surface area contributed by atoms with Crippen molar-refractivity contribution < 1.29 is 9.47 Å². The van der Waals surface area contributed by atoms with Crippen molar-refractivity contribution in [3.05, 3.63) is 28.3 Å². The van der Waals surface area contributed by atoms with Crippen LogP contribution >= 0.6 is 11.6 Å². The smallest absolute Gasteiger partial charge is 0.141 e. The number of ether oxygens (including phenoxy) is 2. The van der Waals surface area contributed by atoms with E-state index < -0.39 is 0 Å². The largest absolute Gasteiger partial charge is 0.491 e. The van der Waals surface area contributed by atoms with E-state index in [-0.39, 0.29) is 6.04 Å². The highest BCUT2D eigenvalue weighted by Crippen LogP contribution is 2.35. The van der Waals surface area contributed by atoms with Crippen LogP contribution in [0, 0.1) is 11.8 Å². The van der Waals surface area contributed by atoms with E-state index in [4.69, 9.17) is 26.8 Å². The van der Waals surface area contributed by atoms with Crippen molar-refractivity contribution in [3.8, 4) is 5.75 Å². The van der Waals surface area contributed by atoms with Crippen LogP contribution < -0.4 is 10.5 Å². The summed E-state index contributed by atoms with van der Waals surface area (Å²) in [5.74, 6) is 2.30. The quantitative estimate of drug-likeness (QED) is 0.748. The van der Waals surface area contributed by atoms with Gasteiger partial charge in [-0.05, 0) is 74.1 Å². The van der Waals surface area contributed by atoms with Gasteiger partial charge in [-0.15, -0.1) is 0 Å². The van der Waals surface area contributed by atoms with E-state index in [1.54, 1.807) is 0 Å². The topological polar surface area (TPSA) is 44.5 Å². The Balaban J connectivity index is 1.68. The van der Waals surface area contributed by atoms with Gasteiger partial charge in [-0.3, -0.25) is 0 Å². The van der Waals surface area contributed by atoms with E-state index in [0.717, 1.165) is 42.4 Å². The molecule has 4 heteroatoms. The van der Waals surface area contributed by atoms with Crippen molar-refractivity contribution in [1.82, 2.24) is 0 Å². The molecule has 0 bridgehead atoms. The molecule has 1 aromatic rings. The van der Waals surface area contributed by atoms with Crippen LogP contribution in [-0.2, 0) is 17.8 Å². The molecular formula is C18H26ClNO2. The van der Waals surface area contributed by atoms with E-state index in [2.05, 4.69) is 6.07 Å². The molecule has 3 nitrogen and oxygen atoms in total. The Bertz CT molecular complexity index is 510. The summed E-state index contributed by atoms with van der Waals surface area (Å²) >= 11 is 6.45. The van der Waals surface area contributed by atoms with Crippen molar-refractivity contribution in [1.29, 1.82) is 0 Å². The molecule has 2 N–H and O–H groups in total. The first-order valence-corrected chi connectivity index (χ1v) is 8.77. The SMILES string of the molecule is CC(N)Cc1cc(COCC2CC2)cc(Cl)c1OCC1CC1. The molecular weight excluding hydrogens is 298 g/mol. The maximum atomic E-state index is 6.45. The molecule has 0 amide bonds. The van der Waals surface area contributed by atoms with E-state index in [1.807, 2.05) is 13.0 Å². The molecule has 0 heterocycles. The molecule has 1 atom stereocenters. The number of rotatable bonds is 9. The molecule has 1 unspecified atom stereocenters. The van der Waals surface area contributed by atoms with Crippen molar-refractivity contribution in [2.75, 3.05) is 13.2 Å². The molecule has 2 saturated carbocycles. The Morgan fingerprint density at radius 3 is 2.50 bits per heavy atom. The number of benzene rings is 1. The van der Waals surface area contributed by atoms with Crippen LogP contribution in [0.4, 0.5) is 0 Å². The van der Waals surface area contributed by atoms with Gasteiger partial charge in [0.15, 0.2) is 0 Å². The second-order valence-corrected chi connectivity index (χ2v) is 7.37. The summed E-state index contributed by atoms with van der Waals surface area (Å²) in [6, 6.07) is 4.20. The van der Waals surface area contributed by atoms with Crippen LogP contribution in [0.15, 0.2) is 12.1 Å². The summed E-state index contributed by atoms with van der Waals surface area (Å²) in [4.78, 5) is 0. The van der Waals surface area contributed by atoms with Gasteiger partial charge in [-0.1, -0.05) is 11.6 Å². The van der Waals surface area contributed by atoms with Crippen molar-refractivity contribution in [2.45, 2.75) is 51.7 Å². The normalized spacial score (nSPS) is 19.2. The second-order valence-electron chi connectivity index (χ2n) is 6.96. The number of hydrogen-bond donors (Lipinski definition) is 1. The third kappa shape index (κ3) is 4.87. The molecule has 0 aromatic heterocycles. The Morgan fingerprint density at radius 2 is 1.86 bits per heavy atom. The predicted molar refractivity (Wildman–Crippen MR) is 89.4 cm³/mol. The Hall–Kier alpha value is -0.770. The summed E-state index contributed by atoms with van der Waals surface area (Å²) in [7, 11) is 0. The lowest BCUT2D eigenvalue weighted by atomic mass is 10.0. The van der Waals surface area contributed by atoms with Crippen LogP contribution in [0.5, 0.6) is 5.75 Å². The van der Waals surface area contributed by atoms with E-state index in [9.17, 15) is 0 Å². The van der Waals surface area contributed by atoms with Gasteiger partial charge in [0.2, 0.25) is 0 Å². The van der Waals surface area contributed by atoms with E-state index in [0.29, 0.717) is 17.5 Å². The lowest BCUT2D eigenvalue weighted by molar-refractivity contribution is 0.111. The average Bonchev–Trinajstić information content (AvgIpc) is 3.32. The third-order valence-corrected chi connectivity index (χ3v) is 4.48. The lowest BCUT2D eigenvalue weighted by Gasteiger charge is -2.16. The lowest BCUT2D eigenvalue weighted by Crippen LogP contribution is -2.19. The molecule has 2 aliphatic carbocycles. The predicted octanol–water partition coefficient (Wildman–Crippen LogP) is 3.95. The second kappa shape index (κ2) is 7.20. The van der Waals surface area contributed by atoms with Crippen LogP contribution in [0.3, 0.4) is 0 Å². The van der Waals surface area contributed by atoms with Gasteiger partial charge in [-0.25, -0.2) is 0 Å². The number of hydrogen-bond acceptors (Lipinski definition) is 3. The van der Waals surface area contributed by atoms with Gasteiger partial charge in [0.1, 0.15) is 5.75 Å². The highest BCUT2D eigenvalue weighted by Gasteiger charge is 2.24. The van der Waals surface area contributed by atoms with Crippen molar-refractivity contribution in [3.63, 3.8) is 0 Å². The van der Waals surface area contributed by atoms with Gasteiger partial charge < -0.3 is 15.2 Å². The molecule has 22 heavy (non-hydrogen) atoms. The zero-order chi connectivity index (χ0) is 15.5. The first-order chi connectivity index (χ1) is 10.6. The molecule has 0 spiro atoms. The maximum absolute atomic E-state index is 6.45. The third-order valence-electron chi connectivity index (χ3n) is 4.20. The van der Waals surface area contributed by atoms with Gasteiger partial charge in [0, 0.05) is 12.6 Å². The molecule has 2 aliphatic rings. The zero-order valence-electron chi connectivity index (χ0n) is 13.3. The van der Waals surface area contributed by atoms with Crippen LogP contribution in [0.25, 0.3) is 0 Å². The molecule has 1 aromatic carbocycles. The Labute approximate surface area is 138 Å². The van der Waals surface area contributed by atoms with Gasteiger partial charge in [0.25, 0.3) is 0 Å². The molecule has 3 rings (SSSR count). The van der Waals surface area contributed by atoms with Crippen molar-refractivity contribution in [2.24, 2.45) is 17.6 Å². The molecule has 0 saturated heterocycles. The standard InChI is InChI=1S/C18H26ClNO2/c1-12(20)6-16-7-15(10-21-9-13-2-3-13)8-17(19)18(16)22-11-14-4-5-14/h7-8,12-14H,2-6,9-11,20H2,1H3. The Morgan fingerprint density at radius 1 is 1.18 bits per heavy atom. The zero-order valence-corrected chi connectivity index (χ0v) is 14.1. The summed E-state index contributed by atoms with van der Waals surface area (Å²) < 4.78 is 11.7. The van der Waals surface area contributed by atoms with Gasteiger partial charge in [0.05, 0.1) is 18.2 Å². The first kappa shape index (κ1) is 16.1. The summed E-state index contributed by atoms with van der Waals surface area (Å²) in [6.07, 6.45) is 5.94. The number of halogens is 1. The van der Waals surface area contributed by atoms with Crippen LogP contribution in [0.2, 0.25) is 5.02 Å².